The van der Waals surface area contributed by atoms with E-state index in [-0.39, 0.29) is 0 Å². The predicted molar refractivity (Wildman–Crippen MR) is 88.5 cm³/mol. The summed E-state index contributed by atoms with van der Waals surface area (Å²) in [4.78, 5) is 0. The van der Waals surface area contributed by atoms with Gasteiger partial charge in [0, 0.05) is 0 Å². The first-order valence-corrected chi connectivity index (χ1v) is 10.8. The van der Waals surface area contributed by atoms with Gasteiger partial charge < -0.3 is 4.74 Å². The Kier molecular flexibility index (Phi) is 6.58. The lowest BCUT2D eigenvalue weighted by atomic mass is 10.1. The van der Waals surface area contributed by atoms with Gasteiger partial charge in [0.2, 0.25) is 0 Å². The molecule has 1 saturated heterocycles. The number of unbranched alkanes of at least 4 members (excludes halogenated alkanes) is 3. The maximum atomic E-state index is 6.21. The molecule has 1 fully saturated rings. The highest BCUT2D eigenvalue weighted by molar-refractivity contribution is 6.85. The van der Waals surface area contributed by atoms with Crippen molar-refractivity contribution in [3.05, 3.63) is 0 Å². The van der Waals surface area contributed by atoms with Crippen molar-refractivity contribution in [1.29, 1.82) is 0 Å². The highest BCUT2D eigenvalue weighted by Crippen LogP contribution is 2.52. The second kappa shape index (κ2) is 7.26. The van der Waals surface area contributed by atoms with Crippen molar-refractivity contribution in [2.24, 2.45) is 0 Å². The molecule has 2 atom stereocenters. The molecule has 2 heteroatoms. The van der Waals surface area contributed by atoms with Gasteiger partial charge in [0.15, 0.2) is 0 Å². The summed E-state index contributed by atoms with van der Waals surface area (Å²) >= 11 is 0. The van der Waals surface area contributed by atoms with Crippen molar-refractivity contribution < 1.29 is 4.74 Å². The molecule has 0 aromatic heterocycles. The van der Waals surface area contributed by atoms with E-state index in [2.05, 4.69) is 48.5 Å². The number of hydrogen-bond acceptors (Lipinski definition) is 1. The molecule has 1 aliphatic heterocycles. The van der Waals surface area contributed by atoms with Gasteiger partial charge in [-0.15, -0.1) is 0 Å². The summed E-state index contributed by atoms with van der Waals surface area (Å²) in [5.41, 5.74) is 3.14. The Labute approximate surface area is 122 Å². The van der Waals surface area contributed by atoms with Gasteiger partial charge in [0.05, 0.1) is 19.9 Å². The van der Waals surface area contributed by atoms with Crippen LogP contribution in [0, 0.1) is 0 Å². The average molecular weight is 285 g/mol. The molecular formula is C17H36OSi. The van der Waals surface area contributed by atoms with Crippen molar-refractivity contribution in [2.75, 3.05) is 0 Å². The molecule has 0 aromatic carbocycles. The first kappa shape index (κ1) is 17.2. The highest BCUT2D eigenvalue weighted by atomic mass is 28.3. The third-order valence-electron chi connectivity index (χ3n) is 5.42. The molecule has 1 nitrogen and oxygen atoms in total. The lowest BCUT2D eigenvalue weighted by molar-refractivity contribution is 0.374. The Morgan fingerprint density at radius 3 is 1.79 bits per heavy atom. The van der Waals surface area contributed by atoms with Gasteiger partial charge in [-0.3, -0.25) is 0 Å². The van der Waals surface area contributed by atoms with Crippen LogP contribution in [0.1, 0.15) is 80.6 Å². The van der Waals surface area contributed by atoms with Crippen LogP contribution in [-0.4, -0.2) is 19.9 Å². The number of ether oxygens (including phenoxy) is 1. The van der Waals surface area contributed by atoms with Gasteiger partial charge in [-0.05, 0) is 23.0 Å². The first-order chi connectivity index (χ1) is 8.88. The molecule has 19 heavy (non-hydrogen) atoms. The van der Waals surface area contributed by atoms with Crippen LogP contribution in [-0.2, 0) is 4.74 Å². The standard InChI is InChI=1S/C17H36OSi/c1-8-9-10-11-12-16-17(18-16)19(13(2)3,14(4)5)15(6)7/h13-17H,8-12H2,1-7H3. The Hall–Kier alpha value is 0.177. The van der Waals surface area contributed by atoms with Gasteiger partial charge in [-0.25, -0.2) is 0 Å². The molecule has 0 saturated carbocycles. The fraction of sp³-hybridized carbons (Fsp3) is 1.00. The fourth-order valence-corrected chi connectivity index (χ4v) is 11.8. The number of rotatable bonds is 9. The van der Waals surface area contributed by atoms with Crippen LogP contribution >= 0.6 is 0 Å². The van der Waals surface area contributed by atoms with E-state index in [1.54, 1.807) is 0 Å². The summed E-state index contributed by atoms with van der Waals surface area (Å²) in [6, 6.07) is 0. The summed E-state index contributed by atoms with van der Waals surface area (Å²) in [6.07, 6.45) is 7.40. The third kappa shape index (κ3) is 3.63. The minimum Gasteiger partial charge on any atom is -0.373 e. The quantitative estimate of drug-likeness (QED) is 0.290. The van der Waals surface area contributed by atoms with Crippen LogP contribution in [0.2, 0.25) is 16.6 Å². The Balaban J connectivity index is 2.60. The van der Waals surface area contributed by atoms with Crippen LogP contribution in [0.3, 0.4) is 0 Å². The van der Waals surface area contributed by atoms with Crippen molar-refractivity contribution in [3.8, 4) is 0 Å². The van der Waals surface area contributed by atoms with Crippen LogP contribution < -0.4 is 0 Å². The second-order valence-corrected chi connectivity index (χ2v) is 13.4. The lowest BCUT2D eigenvalue weighted by Gasteiger charge is -2.42. The fourth-order valence-electron chi connectivity index (χ4n) is 4.56. The molecule has 0 bridgehead atoms. The van der Waals surface area contributed by atoms with E-state index in [0.717, 1.165) is 16.6 Å². The molecule has 0 N–H and O–H groups in total. The smallest absolute Gasteiger partial charge is 0.0986 e. The molecule has 0 spiro atoms. The van der Waals surface area contributed by atoms with Crippen LogP contribution in [0.25, 0.3) is 0 Å². The zero-order valence-electron chi connectivity index (χ0n) is 14.3. The van der Waals surface area contributed by atoms with Gasteiger partial charge in [0.25, 0.3) is 0 Å². The van der Waals surface area contributed by atoms with E-state index in [4.69, 9.17) is 4.74 Å². The summed E-state index contributed by atoms with van der Waals surface area (Å²) in [7, 11) is -1.35. The second-order valence-electron chi connectivity index (χ2n) is 7.41. The molecule has 0 radical (unpaired) electrons. The van der Waals surface area contributed by atoms with Crippen molar-refractivity contribution in [2.45, 2.75) is 109 Å². The van der Waals surface area contributed by atoms with Gasteiger partial charge in [-0.1, -0.05) is 74.1 Å². The lowest BCUT2D eigenvalue weighted by Crippen LogP contribution is -2.51. The largest absolute Gasteiger partial charge is 0.373 e. The molecule has 1 aliphatic rings. The van der Waals surface area contributed by atoms with E-state index >= 15 is 0 Å². The average Bonchev–Trinajstić information content (AvgIpc) is 3.03. The molecular weight excluding hydrogens is 248 g/mol. The topological polar surface area (TPSA) is 12.5 Å². The van der Waals surface area contributed by atoms with E-state index in [1.807, 2.05) is 0 Å². The number of epoxide rings is 1. The molecule has 1 heterocycles. The maximum Gasteiger partial charge on any atom is 0.0986 e. The number of hydrogen-bond donors (Lipinski definition) is 0. The molecule has 0 amide bonds. The molecule has 114 valence electrons. The van der Waals surface area contributed by atoms with Crippen molar-refractivity contribution >= 4 is 8.07 Å². The summed E-state index contributed by atoms with van der Waals surface area (Å²) in [5, 5.41) is 0. The molecule has 0 aromatic rings. The SMILES string of the molecule is CCCCCCC1OC1[Si](C(C)C)(C(C)C)C(C)C. The summed E-state index contributed by atoms with van der Waals surface area (Å²) < 4.78 is 6.21. The van der Waals surface area contributed by atoms with E-state index in [1.165, 1.54) is 32.1 Å². The van der Waals surface area contributed by atoms with Crippen LogP contribution in [0.5, 0.6) is 0 Å². The Morgan fingerprint density at radius 2 is 1.37 bits per heavy atom. The third-order valence-corrected chi connectivity index (χ3v) is 12.9. The van der Waals surface area contributed by atoms with Gasteiger partial charge in [0.1, 0.15) is 0 Å². The predicted octanol–water partition coefficient (Wildman–Crippen LogP) is 5.94. The zero-order chi connectivity index (χ0) is 14.6. The van der Waals surface area contributed by atoms with E-state index in [9.17, 15) is 0 Å². The van der Waals surface area contributed by atoms with Crippen LogP contribution in [0.4, 0.5) is 0 Å². The molecule has 1 rings (SSSR count). The van der Waals surface area contributed by atoms with E-state index < -0.39 is 8.07 Å². The van der Waals surface area contributed by atoms with Gasteiger partial charge in [-0.2, -0.15) is 0 Å². The molecule has 0 aliphatic carbocycles. The van der Waals surface area contributed by atoms with Crippen molar-refractivity contribution in [1.82, 2.24) is 0 Å². The van der Waals surface area contributed by atoms with Crippen molar-refractivity contribution in [3.63, 3.8) is 0 Å². The Morgan fingerprint density at radius 1 is 0.842 bits per heavy atom. The zero-order valence-corrected chi connectivity index (χ0v) is 15.3. The monoisotopic (exact) mass is 284 g/mol. The minimum absolute atomic E-state index is 0.607. The Bertz CT molecular complexity index is 238. The molecule has 2 unspecified atom stereocenters. The highest BCUT2D eigenvalue weighted by Gasteiger charge is 2.59. The van der Waals surface area contributed by atoms with Gasteiger partial charge >= 0.3 is 0 Å². The van der Waals surface area contributed by atoms with E-state index in [0.29, 0.717) is 11.8 Å². The normalized spacial score (nSPS) is 23.7. The summed E-state index contributed by atoms with van der Waals surface area (Å²) in [5.74, 6) is 0. The maximum absolute atomic E-state index is 6.21. The van der Waals surface area contributed by atoms with Crippen LogP contribution in [0.15, 0.2) is 0 Å². The minimum atomic E-state index is -1.35. The summed E-state index contributed by atoms with van der Waals surface area (Å²) in [6.45, 7) is 17.0. The first-order valence-electron chi connectivity index (χ1n) is 8.54.